The molecule has 2 fully saturated rings. The molecule has 1 aliphatic heterocycles. The van der Waals surface area contributed by atoms with Gasteiger partial charge in [-0.3, -0.25) is 15.0 Å². The van der Waals surface area contributed by atoms with Crippen LogP contribution >= 0.6 is 12.4 Å². The van der Waals surface area contributed by atoms with Crippen LogP contribution in [0.2, 0.25) is 0 Å². The van der Waals surface area contributed by atoms with Gasteiger partial charge in [-0.1, -0.05) is 19.3 Å². The molecule has 0 bridgehead atoms. The summed E-state index contributed by atoms with van der Waals surface area (Å²) < 4.78 is 0. The van der Waals surface area contributed by atoms with Gasteiger partial charge in [0.15, 0.2) is 0 Å². The highest BCUT2D eigenvalue weighted by molar-refractivity contribution is 5.95. The van der Waals surface area contributed by atoms with Crippen molar-refractivity contribution in [1.29, 1.82) is 0 Å². The van der Waals surface area contributed by atoms with Gasteiger partial charge in [0.25, 0.3) is 0 Å². The first-order valence-corrected chi connectivity index (χ1v) is 7.70. The molecule has 0 radical (unpaired) electrons. The third-order valence-electron chi connectivity index (χ3n) is 4.18. The van der Waals surface area contributed by atoms with Crippen LogP contribution in [0.25, 0.3) is 0 Å². The molecule has 0 spiro atoms. The van der Waals surface area contributed by atoms with Gasteiger partial charge in [0, 0.05) is 31.7 Å². The highest BCUT2D eigenvalue weighted by Crippen LogP contribution is 2.17. The molecule has 1 heterocycles. The Labute approximate surface area is 132 Å². The van der Waals surface area contributed by atoms with Crippen LogP contribution in [0, 0.1) is 0 Å². The predicted molar refractivity (Wildman–Crippen MR) is 84.7 cm³/mol. The lowest BCUT2D eigenvalue weighted by Gasteiger charge is -2.33. The van der Waals surface area contributed by atoms with Crippen LogP contribution in [0.1, 0.15) is 39.0 Å². The number of halogens is 1. The molecule has 1 saturated carbocycles. The molecule has 3 N–H and O–H groups in total. The van der Waals surface area contributed by atoms with Crippen LogP contribution < -0.4 is 16.0 Å². The maximum Gasteiger partial charge on any atom is 0.321 e. The van der Waals surface area contributed by atoms with E-state index in [0.29, 0.717) is 12.6 Å². The third-order valence-corrected chi connectivity index (χ3v) is 4.18. The molecule has 0 unspecified atom stereocenters. The SMILES string of the molecule is C[C@@H]1CNCCN1CC(=O)NC(=O)NC1CCCCC1.Cl. The van der Waals surface area contributed by atoms with Gasteiger partial charge in [-0.15, -0.1) is 12.4 Å². The van der Waals surface area contributed by atoms with Crippen molar-refractivity contribution in [3.8, 4) is 0 Å². The fraction of sp³-hybridized carbons (Fsp3) is 0.857. The molecule has 0 aromatic rings. The fourth-order valence-electron chi connectivity index (χ4n) is 2.94. The first kappa shape index (κ1) is 18.2. The molecule has 6 nitrogen and oxygen atoms in total. The van der Waals surface area contributed by atoms with Gasteiger partial charge in [0.2, 0.25) is 5.91 Å². The van der Waals surface area contributed by atoms with E-state index in [2.05, 4.69) is 27.8 Å². The first-order chi connectivity index (χ1) is 9.65. The average molecular weight is 319 g/mol. The molecular formula is C14H27ClN4O2. The molecule has 1 aliphatic carbocycles. The minimum absolute atomic E-state index is 0. The van der Waals surface area contributed by atoms with Crippen LogP contribution in [-0.4, -0.2) is 55.1 Å². The Morgan fingerprint density at radius 1 is 1.24 bits per heavy atom. The highest BCUT2D eigenvalue weighted by atomic mass is 35.5. The predicted octanol–water partition coefficient (Wildman–Crippen LogP) is 0.860. The number of rotatable bonds is 3. The zero-order valence-corrected chi connectivity index (χ0v) is 13.5. The van der Waals surface area contributed by atoms with E-state index in [1.165, 1.54) is 6.42 Å². The Morgan fingerprint density at radius 2 is 1.95 bits per heavy atom. The minimum atomic E-state index is -0.343. The van der Waals surface area contributed by atoms with Crippen LogP contribution in [0.4, 0.5) is 4.79 Å². The number of hydrogen-bond donors (Lipinski definition) is 3. The Kier molecular flexibility index (Phi) is 8.00. The second-order valence-corrected chi connectivity index (χ2v) is 5.88. The molecule has 21 heavy (non-hydrogen) atoms. The van der Waals surface area contributed by atoms with E-state index in [1.807, 2.05) is 0 Å². The Balaban J connectivity index is 0.00000220. The number of piperazine rings is 1. The molecular weight excluding hydrogens is 292 g/mol. The summed E-state index contributed by atoms with van der Waals surface area (Å²) in [5.74, 6) is -0.216. The molecule has 1 atom stereocenters. The van der Waals surface area contributed by atoms with Gasteiger partial charge in [-0.25, -0.2) is 4.79 Å². The van der Waals surface area contributed by atoms with Crippen molar-refractivity contribution < 1.29 is 9.59 Å². The Bertz CT molecular complexity index is 348. The summed E-state index contributed by atoms with van der Waals surface area (Å²) in [4.78, 5) is 25.7. The maximum absolute atomic E-state index is 11.9. The number of carbonyl (C=O) groups is 2. The van der Waals surface area contributed by atoms with E-state index >= 15 is 0 Å². The summed E-state index contributed by atoms with van der Waals surface area (Å²) in [6, 6.07) is 0.218. The zero-order chi connectivity index (χ0) is 14.4. The summed E-state index contributed by atoms with van der Waals surface area (Å²) in [5, 5.41) is 8.62. The molecule has 7 heteroatoms. The number of urea groups is 1. The van der Waals surface area contributed by atoms with Crippen molar-refractivity contribution in [3.05, 3.63) is 0 Å². The average Bonchev–Trinajstić information content (AvgIpc) is 2.42. The number of imide groups is 1. The van der Waals surface area contributed by atoms with Gasteiger partial charge in [-0.2, -0.15) is 0 Å². The molecule has 2 aliphatic rings. The van der Waals surface area contributed by atoms with Gasteiger partial charge < -0.3 is 10.6 Å². The third kappa shape index (κ3) is 6.20. The van der Waals surface area contributed by atoms with E-state index < -0.39 is 0 Å². The van der Waals surface area contributed by atoms with Gasteiger partial charge >= 0.3 is 6.03 Å². The largest absolute Gasteiger partial charge is 0.335 e. The Hall–Kier alpha value is -0.850. The minimum Gasteiger partial charge on any atom is -0.335 e. The van der Waals surface area contributed by atoms with E-state index in [0.717, 1.165) is 45.3 Å². The molecule has 3 amide bonds. The lowest BCUT2D eigenvalue weighted by atomic mass is 9.96. The van der Waals surface area contributed by atoms with Crippen molar-refractivity contribution >= 4 is 24.3 Å². The van der Waals surface area contributed by atoms with Gasteiger partial charge in [0.05, 0.1) is 6.54 Å². The quantitative estimate of drug-likeness (QED) is 0.721. The number of carbonyl (C=O) groups excluding carboxylic acids is 2. The number of nitrogens with zero attached hydrogens (tertiary/aromatic N) is 1. The fourth-order valence-corrected chi connectivity index (χ4v) is 2.94. The highest BCUT2D eigenvalue weighted by Gasteiger charge is 2.22. The molecule has 122 valence electrons. The maximum atomic E-state index is 11.9. The molecule has 0 aromatic heterocycles. The van der Waals surface area contributed by atoms with Gasteiger partial charge in [-0.05, 0) is 19.8 Å². The van der Waals surface area contributed by atoms with Crippen molar-refractivity contribution in [2.24, 2.45) is 0 Å². The second-order valence-electron chi connectivity index (χ2n) is 5.88. The van der Waals surface area contributed by atoms with Crippen LogP contribution in [0.5, 0.6) is 0 Å². The normalized spacial score (nSPS) is 24.0. The number of amides is 3. The van der Waals surface area contributed by atoms with Crippen molar-refractivity contribution in [3.63, 3.8) is 0 Å². The molecule has 1 saturated heterocycles. The summed E-state index contributed by atoms with van der Waals surface area (Å²) in [7, 11) is 0. The lowest BCUT2D eigenvalue weighted by Crippen LogP contribution is -2.54. The van der Waals surface area contributed by atoms with E-state index in [4.69, 9.17) is 0 Å². The number of nitrogens with one attached hydrogen (secondary N) is 3. The van der Waals surface area contributed by atoms with Crippen LogP contribution in [-0.2, 0) is 4.79 Å². The van der Waals surface area contributed by atoms with Crippen molar-refractivity contribution in [2.45, 2.75) is 51.1 Å². The molecule has 0 aromatic carbocycles. The zero-order valence-electron chi connectivity index (χ0n) is 12.7. The standard InChI is InChI=1S/C14H26N4O2.ClH/c1-11-9-15-7-8-18(11)10-13(19)17-14(20)16-12-5-3-2-4-6-12;/h11-12,15H,2-10H2,1H3,(H2,16,17,19,20);1H/t11-;/m1./s1. The summed E-state index contributed by atoms with van der Waals surface area (Å²) in [6.45, 7) is 5.01. The van der Waals surface area contributed by atoms with E-state index in [1.54, 1.807) is 0 Å². The van der Waals surface area contributed by atoms with Crippen molar-refractivity contribution in [1.82, 2.24) is 20.9 Å². The summed E-state index contributed by atoms with van der Waals surface area (Å²) >= 11 is 0. The van der Waals surface area contributed by atoms with E-state index in [9.17, 15) is 9.59 Å². The smallest absolute Gasteiger partial charge is 0.321 e. The summed E-state index contributed by atoms with van der Waals surface area (Å²) in [5.41, 5.74) is 0. The summed E-state index contributed by atoms with van der Waals surface area (Å²) in [6.07, 6.45) is 5.63. The monoisotopic (exact) mass is 318 g/mol. The van der Waals surface area contributed by atoms with Crippen LogP contribution in [0.15, 0.2) is 0 Å². The lowest BCUT2D eigenvalue weighted by molar-refractivity contribution is -0.121. The van der Waals surface area contributed by atoms with Gasteiger partial charge in [0.1, 0.15) is 0 Å². The first-order valence-electron chi connectivity index (χ1n) is 7.70. The second kappa shape index (κ2) is 9.23. The van der Waals surface area contributed by atoms with Crippen LogP contribution in [0.3, 0.4) is 0 Å². The molecule has 2 rings (SSSR count). The topological polar surface area (TPSA) is 73.5 Å². The van der Waals surface area contributed by atoms with Crippen molar-refractivity contribution in [2.75, 3.05) is 26.2 Å². The van der Waals surface area contributed by atoms with E-state index in [-0.39, 0.29) is 30.4 Å². The number of hydrogen-bond acceptors (Lipinski definition) is 4. The Morgan fingerprint density at radius 3 is 2.62 bits per heavy atom.